The zero-order valence-corrected chi connectivity index (χ0v) is 18.8. The molecule has 2 heterocycles. The van der Waals surface area contributed by atoms with Crippen molar-refractivity contribution >= 4 is 31.7 Å². The van der Waals surface area contributed by atoms with Gasteiger partial charge in [0, 0.05) is 27.4 Å². The molecule has 6 nitrogen and oxygen atoms in total. The smallest absolute Gasteiger partial charge is 0.226 e. The number of nitrogens with zero attached hydrogens (tertiary/aromatic N) is 4. The summed E-state index contributed by atoms with van der Waals surface area (Å²) in [5, 5.41) is 7.05. The fraction of sp³-hybridized carbons (Fsp3) is 0.476. The molecular formula is C21H32N6Si. The van der Waals surface area contributed by atoms with E-state index in [2.05, 4.69) is 78.3 Å². The highest BCUT2D eigenvalue weighted by molar-refractivity contribution is 6.55. The first kappa shape index (κ1) is 20.3. The zero-order chi connectivity index (χ0) is 20.1. The van der Waals surface area contributed by atoms with Gasteiger partial charge < -0.3 is 15.2 Å². The van der Waals surface area contributed by atoms with E-state index in [1.54, 1.807) is 0 Å². The van der Waals surface area contributed by atoms with Crippen molar-refractivity contribution in [3.05, 3.63) is 42.2 Å². The van der Waals surface area contributed by atoms with Crippen LogP contribution in [0.5, 0.6) is 0 Å². The molecule has 3 aromatic rings. The number of hydrogen-bond donors (Lipinski definition) is 2. The number of fused-ring (bicyclic) bond motifs is 1. The van der Waals surface area contributed by atoms with E-state index in [0.29, 0.717) is 24.6 Å². The Balaban J connectivity index is 1.93. The Morgan fingerprint density at radius 2 is 1.86 bits per heavy atom. The summed E-state index contributed by atoms with van der Waals surface area (Å²) in [6.07, 6.45) is 2.93. The van der Waals surface area contributed by atoms with E-state index in [-0.39, 0.29) is 0 Å². The van der Waals surface area contributed by atoms with Gasteiger partial charge in [0.25, 0.3) is 0 Å². The SMILES string of the molecule is CC[C@H](C[SiH](C)C)Nc1nc(NCc2ccccc2)c2ncn(C(C)C)c2n1. The standard InChI is InChI=1S/C21H32N6Si/c1-6-17(13-28(4)5)24-21-25-19(22-12-16-10-8-7-9-11-16)18-20(26-21)27(14-23-18)15(2)3/h7-11,14-15,17,28H,6,12-13H2,1-5H3,(H2,22,24,25,26)/t17-/m1/s1. The minimum Gasteiger partial charge on any atom is -0.364 e. The molecule has 7 heteroatoms. The molecule has 0 radical (unpaired) electrons. The van der Waals surface area contributed by atoms with Crippen LogP contribution in [0.3, 0.4) is 0 Å². The van der Waals surface area contributed by atoms with E-state index < -0.39 is 8.80 Å². The van der Waals surface area contributed by atoms with Gasteiger partial charge in [-0.2, -0.15) is 9.97 Å². The number of hydrogen-bond acceptors (Lipinski definition) is 5. The van der Waals surface area contributed by atoms with Crippen molar-refractivity contribution in [3.8, 4) is 0 Å². The summed E-state index contributed by atoms with van der Waals surface area (Å²) in [6, 6.07) is 12.3. The third-order valence-electron chi connectivity index (χ3n) is 4.86. The first-order chi connectivity index (χ1) is 13.5. The topological polar surface area (TPSA) is 67.7 Å². The van der Waals surface area contributed by atoms with Gasteiger partial charge in [-0.3, -0.25) is 0 Å². The van der Waals surface area contributed by atoms with Crippen molar-refractivity contribution in [2.45, 2.75) is 65.0 Å². The lowest BCUT2D eigenvalue weighted by atomic mass is 10.2. The van der Waals surface area contributed by atoms with E-state index in [0.717, 1.165) is 23.4 Å². The van der Waals surface area contributed by atoms with Crippen molar-refractivity contribution in [3.63, 3.8) is 0 Å². The van der Waals surface area contributed by atoms with Crippen LogP contribution in [0.2, 0.25) is 19.1 Å². The van der Waals surface area contributed by atoms with Gasteiger partial charge >= 0.3 is 0 Å². The molecule has 1 atom stereocenters. The maximum Gasteiger partial charge on any atom is 0.226 e. The van der Waals surface area contributed by atoms with Crippen LogP contribution in [0.25, 0.3) is 11.2 Å². The average molecular weight is 397 g/mol. The number of aromatic nitrogens is 4. The molecule has 2 N–H and O–H groups in total. The molecule has 28 heavy (non-hydrogen) atoms. The Labute approximate surface area is 169 Å². The summed E-state index contributed by atoms with van der Waals surface area (Å²) in [5.41, 5.74) is 2.91. The quantitative estimate of drug-likeness (QED) is 0.513. The number of rotatable bonds is 9. The maximum absolute atomic E-state index is 4.82. The van der Waals surface area contributed by atoms with Gasteiger partial charge in [0.05, 0.1) is 6.33 Å². The summed E-state index contributed by atoms with van der Waals surface area (Å²) in [6.45, 7) is 12.0. The largest absolute Gasteiger partial charge is 0.364 e. The van der Waals surface area contributed by atoms with E-state index >= 15 is 0 Å². The van der Waals surface area contributed by atoms with Gasteiger partial charge in [0.2, 0.25) is 5.95 Å². The van der Waals surface area contributed by atoms with E-state index in [1.807, 2.05) is 12.4 Å². The predicted molar refractivity (Wildman–Crippen MR) is 121 cm³/mol. The monoisotopic (exact) mass is 396 g/mol. The van der Waals surface area contributed by atoms with Crippen LogP contribution in [0.1, 0.15) is 38.8 Å². The Hall–Kier alpha value is -2.41. The highest BCUT2D eigenvalue weighted by Gasteiger charge is 2.17. The van der Waals surface area contributed by atoms with Gasteiger partial charge in [-0.1, -0.05) is 50.3 Å². The molecule has 0 saturated heterocycles. The summed E-state index contributed by atoms with van der Waals surface area (Å²) < 4.78 is 2.11. The van der Waals surface area contributed by atoms with Crippen LogP contribution in [-0.2, 0) is 6.54 Å². The molecule has 0 saturated carbocycles. The molecule has 1 aromatic carbocycles. The van der Waals surface area contributed by atoms with Crippen LogP contribution in [0.15, 0.2) is 36.7 Å². The van der Waals surface area contributed by atoms with Crippen molar-refractivity contribution < 1.29 is 0 Å². The summed E-state index contributed by atoms with van der Waals surface area (Å²) in [5.74, 6) is 1.47. The third kappa shape index (κ3) is 4.89. The molecule has 0 unspecified atom stereocenters. The second-order valence-electron chi connectivity index (χ2n) is 8.03. The molecule has 150 valence electrons. The number of anilines is 2. The van der Waals surface area contributed by atoms with Crippen molar-refractivity contribution in [2.24, 2.45) is 0 Å². The average Bonchev–Trinajstić information content (AvgIpc) is 3.10. The van der Waals surface area contributed by atoms with Gasteiger partial charge in [0.1, 0.15) is 0 Å². The van der Waals surface area contributed by atoms with Gasteiger partial charge in [0.15, 0.2) is 17.0 Å². The molecule has 0 amide bonds. The highest BCUT2D eigenvalue weighted by atomic mass is 28.3. The van der Waals surface area contributed by atoms with Crippen molar-refractivity contribution in [2.75, 3.05) is 10.6 Å². The van der Waals surface area contributed by atoms with Crippen molar-refractivity contribution in [1.82, 2.24) is 19.5 Å². The predicted octanol–water partition coefficient (Wildman–Crippen LogP) is 4.70. The number of benzene rings is 1. The highest BCUT2D eigenvalue weighted by Crippen LogP contribution is 2.24. The lowest BCUT2D eigenvalue weighted by molar-refractivity contribution is 0.612. The molecule has 0 fully saturated rings. The van der Waals surface area contributed by atoms with Crippen LogP contribution in [0, 0.1) is 0 Å². The Morgan fingerprint density at radius 3 is 2.50 bits per heavy atom. The fourth-order valence-electron chi connectivity index (χ4n) is 3.34. The minimum absolute atomic E-state index is 0.291. The number of nitrogens with one attached hydrogen (secondary N) is 2. The Morgan fingerprint density at radius 1 is 1.11 bits per heavy atom. The second kappa shape index (κ2) is 9.19. The van der Waals surface area contributed by atoms with Crippen LogP contribution < -0.4 is 10.6 Å². The van der Waals surface area contributed by atoms with E-state index in [1.165, 1.54) is 11.6 Å². The molecule has 0 bridgehead atoms. The maximum atomic E-state index is 4.82. The third-order valence-corrected chi connectivity index (χ3v) is 6.37. The molecule has 0 aliphatic heterocycles. The van der Waals surface area contributed by atoms with Crippen LogP contribution in [0.4, 0.5) is 11.8 Å². The van der Waals surface area contributed by atoms with Crippen molar-refractivity contribution in [1.29, 1.82) is 0 Å². The minimum atomic E-state index is -0.669. The lowest BCUT2D eigenvalue weighted by Gasteiger charge is -2.19. The van der Waals surface area contributed by atoms with E-state index in [9.17, 15) is 0 Å². The van der Waals surface area contributed by atoms with E-state index in [4.69, 9.17) is 9.97 Å². The summed E-state index contributed by atoms with van der Waals surface area (Å²) in [7, 11) is -0.669. The lowest BCUT2D eigenvalue weighted by Crippen LogP contribution is -2.24. The molecule has 0 spiro atoms. The normalized spacial score (nSPS) is 12.7. The first-order valence-electron chi connectivity index (χ1n) is 10.3. The molecule has 3 rings (SSSR count). The van der Waals surface area contributed by atoms with Gasteiger partial charge in [-0.05, 0) is 31.9 Å². The zero-order valence-electron chi connectivity index (χ0n) is 17.6. The van der Waals surface area contributed by atoms with Gasteiger partial charge in [-0.25, -0.2) is 4.98 Å². The fourth-order valence-corrected chi connectivity index (χ4v) is 4.93. The first-order valence-corrected chi connectivity index (χ1v) is 13.4. The Kier molecular flexibility index (Phi) is 6.67. The molecule has 0 aliphatic rings. The van der Waals surface area contributed by atoms with Crippen LogP contribution >= 0.6 is 0 Å². The molecular weight excluding hydrogens is 364 g/mol. The van der Waals surface area contributed by atoms with Gasteiger partial charge in [-0.15, -0.1) is 0 Å². The summed E-state index contributed by atoms with van der Waals surface area (Å²) in [4.78, 5) is 14.2. The Bertz CT molecular complexity index is 891. The van der Waals surface area contributed by atoms with Crippen LogP contribution in [-0.4, -0.2) is 34.4 Å². The second-order valence-corrected chi connectivity index (χ2v) is 11.3. The summed E-state index contributed by atoms with van der Waals surface area (Å²) >= 11 is 0. The number of imidazole rings is 1. The molecule has 2 aromatic heterocycles. The molecule has 0 aliphatic carbocycles.